The average molecular weight is 302 g/mol. The van der Waals surface area contributed by atoms with Gasteiger partial charge >= 0.3 is 11.9 Å². The van der Waals surface area contributed by atoms with E-state index in [-0.39, 0.29) is 6.42 Å². The van der Waals surface area contributed by atoms with Crippen molar-refractivity contribution in [2.24, 2.45) is 0 Å². The number of rotatable bonds is 13. The lowest BCUT2D eigenvalue weighted by atomic mass is 10.2. The fraction of sp³-hybridized carbons (Fsp3) is 0.875. The summed E-state index contributed by atoms with van der Waals surface area (Å²) in [5.74, 6) is -0.871. The van der Waals surface area contributed by atoms with E-state index in [1.54, 1.807) is 0 Å². The van der Waals surface area contributed by atoms with E-state index in [0.29, 0.717) is 19.8 Å². The van der Waals surface area contributed by atoms with Crippen molar-refractivity contribution >= 4 is 11.9 Å². The Bertz CT molecular complexity index is 278. The summed E-state index contributed by atoms with van der Waals surface area (Å²) >= 11 is 0. The van der Waals surface area contributed by atoms with Gasteiger partial charge in [0.25, 0.3) is 0 Å². The highest BCUT2D eigenvalue weighted by molar-refractivity contribution is 5.81. The maximum absolute atomic E-state index is 11.9. The van der Waals surface area contributed by atoms with Crippen LogP contribution in [0.15, 0.2) is 0 Å². The van der Waals surface area contributed by atoms with Gasteiger partial charge < -0.3 is 14.2 Å². The van der Waals surface area contributed by atoms with Crippen molar-refractivity contribution in [3.05, 3.63) is 0 Å². The Hall–Kier alpha value is -1.10. The van der Waals surface area contributed by atoms with Crippen molar-refractivity contribution in [3.8, 4) is 0 Å². The fourth-order valence-electron chi connectivity index (χ4n) is 1.53. The van der Waals surface area contributed by atoms with Crippen LogP contribution in [0.25, 0.3) is 0 Å². The Morgan fingerprint density at radius 2 is 1.33 bits per heavy atom. The third kappa shape index (κ3) is 11.3. The van der Waals surface area contributed by atoms with Gasteiger partial charge in [-0.05, 0) is 19.3 Å². The lowest BCUT2D eigenvalue weighted by molar-refractivity contribution is -0.164. The molecule has 0 amide bonds. The molecule has 0 heterocycles. The smallest absolute Gasteiger partial charge is 0.335 e. The number of hydrogen-bond acceptors (Lipinski definition) is 5. The van der Waals surface area contributed by atoms with Crippen molar-refractivity contribution in [2.45, 2.75) is 71.8 Å². The van der Waals surface area contributed by atoms with Crippen LogP contribution in [-0.2, 0) is 23.8 Å². The van der Waals surface area contributed by atoms with Gasteiger partial charge in [0.1, 0.15) is 0 Å². The minimum Gasteiger partial charge on any atom is -0.466 e. The lowest BCUT2D eigenvalue weighted by Gasteiger charge is -2.16. The molecule has 0 bridgehead atoms. The van der Waals surface area contributed by atoms with Crippen LogP contribution in [0.2, 0.25) is 0 Å². The maximum atomic E-state index is 11.9. The molecule has 21 heavy (non-hydrogen) atoms. The Kier molecular flexibility index (Phi) is 13.1. The van der Waals surface area contributed by atoms with Gasteiger partial charge in [0.15, 0.2) is 6.10 Å². The molecule has 0 spiro atoms. The van der Waals surface area contributed by atoms with E-state index in [4.69, 9.17) is 14.2 Å². The van der Waals surface area contributed by atoms with E-state index in [0.717, 1.165) is 38.5 Å². The highest BCUT2D eigenvalue weighted by Crippen LogP contribution is 2.07. The van der Waals surface area contributed by atoms with Gasteiger partial charge in [-0.25, -0.2) is 4.79 Å². The molecular weight excluding hydrogens is 272 g/mol. The third-order valence-corrected chi connectivity index (χ3v) is 2.94. The number of carbonyl (C=O) groups excluding carboxylic acids is 2. The first-order chi connectivity index (χ1) is 10.2. The molecule has 0 rings (SSSR count). The molecule has 1 atom stereocenters. The molecule has 0 saturated carbocycles. The molecule has 0 aromatic carbocycles. The minimum atomic E-state index is -0.845. The number of hydrogen-bond donors (Lipinski definition) is 0. The van der Waals surface area contributed by atoms with Gasteiger partial charge in [-0.3, -0.25) is 4.79 Å². The molecule has 0 aliphatic carbocycles. The van der Waals surface area contributed by atoms with E-state index in [1.807, 2.05) is 20.8 Å². The molecule has 0 saturated heterocycles. The molecule has 0 aromatic heterocycles. The molecule has 0 N–H and O–H groups in total. The lowest BCUT2D eigenvalue weighted by Crippen LogP contribution is -2.30. The molecule has 0 aromatic rings. The summed E-state index contributed by atoms with van der Waals surface area (Å²) in [6.07, 6.45) is 4.46. The molecule has 1 unspecified atom stereocenters. The summed E-state index contributed by atoms with van der Waals surface area (Å²) in [7, 11) is 0. The predicted octanol–water partition coefficient (Wildman–Crippen LogP) is 3.25. The number of carbonyl (C=O) groups is 2. The Morgan fingerprint density at radius 3 is 1.90 bits per heavy atom. The summed E-state index contributed by atoms with van der Waals surface area (Å²) in [6, 6.07) is 0. The van der Waals surface area contributed by atoms with Crippen LogP contribution in [-0.4, -0.2) is 37.9 Å². The van der Waals surface area contributed by atoms with Crippen LogP contribution in [0.1, 0.15) is 65.7 Å². The largest absolute Gasteiger partial charge is 0.466 e. The standard InChI is InChI=1S/C16H30O5/c1-4-7-10-19-14(16(18)21-12-9-6-3)13-15(17)20-11-8-5-2/h14H,4-13H2,1-3H3. The quantitative estimate of drug-likeness (QED) is 0.386. The van der Waals surface area contributed by atoms with Crippen molar-refractivity contribution in [3.63, 3.8) is 0 Å². The molecule has 0 aliphatic heterocycles. The normalized spacial score (nSPS) is 12.0. The van der Waals surface area contributed by atoms with E-state index in [2.05, 4.69) is 0 Å². The molecule has 0 fully saturated rings. The second kappa shape index (κ2) is 13.9. The summed E-state index contributed by atoms with van der Waals surface area (Å²) in [5.41, 5.74) is 0. The van der Waals surface area contributed by atoms with Gasteiger partial charge in [-0.15, -0.1) is 0 Å². The van der Waals surface area contributed by atoms with Crippen LogP contribution >= 0.6 is 0 Å². The van der Waals surface area contributed by atoms with Gasteiger partial charge in [-0.2, -0.15) is 0 Å². The van der Waals surface area contributed by atoms with Gasteiger partial charge in [0.2, 0.25) is 0 Å². The molecule has 124 valence electrons. The zero-order valence-corrected chi connectivity index (χ0v) is 13.7. The van der Waals surface area contributed by atoms with Gasteiger partial charge in [0.05, 0.1) is 19.6 Å². The molecule has 0 aliphatic rings. The Labute approximate surface area is 128 Å². The summed E-state index contributed by atoms with van der Waals surface area (Å²) in [5, 5.41) is 0. The predicted molar refractivity (Wildman–Crippen MR) is 81.0 cm³/mol. The van der Waals surface area contributed by atoms with Crippen LogP contribution in [0.5, 0.6) is 0 Å². The molecule has 5 heteroatoms. The first kappa shape index (κ1) is 19.9. The maximum Gasteiger partial charge on any atom is 0.335 e. The van der Waals surface area contributed by atoms with Gasteiger partial charge in [-0.1, -0.05) is 40.0 Å². The van der Waals surface area contributed by atoms with Crippen molar-refractivity contribution in [1.82, 2.24) is 0 Å². The van der Waals surface area contributed by atoms with Crippen molar-refractivity contribution in [1.29, 1.82) is 0 Å². The highest BCUT2D eigenvalue weighted by Gasteiger charge is 2.24. The molecule has 0 radical (unpaired) electrons. The van der Waals surface area contributed by atoms with Crippen LogP contribution in [0, 0.1) is 0 Å². The topological polar surface area (TPSA) is 61.8 Å². The zero-order chi connectivity index (χ0) is 15.9. The van der Waals surface area contributed by atoms with E-state index in [9.17, 15) is 9.59 Å². The first-order valence-corrected chi connectivity index (χ1v) is 8.09. The second-order valence-electron chi connectivity index (χ2n) is 5.01. The summed E-state index contributed by atoms with van der Waals surface area (Å²) in [4.78, 5) is 23.6. The van der Waals surface area contributed by atoms with E-state index < -0.39 is 18.0 Å². The van der Waals surface area contributed by atoms with Crippen molar-refractivity contribution < 1.29 is 23.8 Å². The monoisotopic (exact) mass is 302 g/mol. The Balaban J connectivity index is 4.22. The summed E-state index contributed by atoms with van der Waals surface area (Å²) in [6.45, 7) is 7.29. The number of ether oxygens (including phenoxy) is 3. The van der Waals surface area contributed by atoms with Gasteiger partial charge in [0, 0.05) is 6.61 Å². The fourth-order valence-corrected chi connectivity index (χ4v) is 1.53. The number of esters is 2. The highest BCUT2D eigenvalue weighted by atomic mass is 16.6. The minimum absolute atomic E-state index is 0.0710. The summed E-state index contributed by atoms with van der Waals surface area (Å²) < 4.78 is 15.7. The van der Waals surface area contributed by atoms with Crippen LogP contribution in [0.4, 0.5) is 0 Å². The van der Waals surface area contributed by atoms with Crippen molar-refractivity contribution in [2.75, 3.05) is 19.8 Å². The number of unbranched alkanes of at least 4 members (excludes halogenated alkanes) is 3. The Morgan fingerprint density at radius 1 is 0.810 bits per heavy atom. The van der Waals surface area contributed by atoms with Crippen LogP contribution < -0.4 is 0 Å². The molecule has 5 nitrogen and oxygen atoms in total. The van der Waals surface area contributed by atoms with Crippen LogP contribution in [0.3, 0.4) is 0 Å². The second-order valence-corrected chi connectivity index (χ2v) is 5.01. The average Bonchev–Trinajstić information content (AvgIpc) is 2.47. The SMILES string of the molecule is CCCCOC(=O)CC(OCCCC)C(=O)OCCCC. The zero-order valence-electron chi connectivity index (χ0n) is 13.7. The van der Waals surface area contributed by atoms with E-state index >= 15 is 0 Å². The third-order valence-electron chi connectivity index (χ3n) is 2.94. The first-order valence-electron chi connectivity index (χ1n) is 8.09. The van der Waals surface area contributed by atoms with E-state index in [1.165, 1.54) is 0 Å². The molecular formula is C16H30O5.